The summed E-state index contributed by atoms with van der Waals surface area (Å²) in [6, 6.07) is 0. The van der Waals surface area contributed by atoms with Crippen LogP contribution >= 0.6 is 0 Å². The Morgan fingerprint density at radius 3 is 2.21 bits per heavy atom. The van der Waals surface area contributed by atoms with E-state index in [4.69, 9.17) is 4.74 Å². The van der Waals surface area contributed by atoms with E-state index < -0.39 is 18.2 Å². The zero-order chi connectivity index (χ0) is 14.5. The molecular formula is C12H17F3O4. The summed E-state index contributed by atoms with van der Waals surface area (Å²) in [5.74, 6) is -2.78. The number of hydrogen-bond donors (Lipinski definition) is 0. The highest BCUT2D eigenvalue weighted by Crippen LogP contribution is 2.29. The zero-order valence-electron chi connectivity index (χ0n) is 10.7. The maximum absolute atomic E-state index is 12.0. The van der Waals surface area contributed by atoms with Crippen molar-refractivity contribution < 1.29 is 32.2 Å². The van der Waals surface area contributed by atoms with Crippen LogP contribution in [0.5, 0.6) is 0 Å². The largest absolute Gasteiger partial charge is 0.490 e. The molecule has 0 atom stereocenters. The maximum Gasteiger partial charge on any atom is 0.490 e. The Hall–Kier alpha value is -1.27. The van der Waals surface area contributed by atoms with E-state index in [2.05, 4.69) is 4.74 Å². The molecule has 4 nitrogen and oxygen atoms in total. The minimum absolute atomic E-state index is 0.258. The van der Waals surface area contributed by atoms with E-state index in [9.17, 15) is 22.8 Å². The molecule has 7 heteroatoms. The van der Waals surface area contributed by atoms with Crippen molar-refractivity contribution in [2.75, 3.05) is 6.61 Å². The average molecular weight is 282 g/mol. The third-order valence-electron chi connectivity index (χ3n) is 2.96. The molecule has 0 aromatic rings. The summed E-state index contributed by atoms with van der Waals surface area (Å²) in [5, 5.41) is 0. The lowest BCUT2D eigenvalue weighted by Crippen LogP contribution is -2.33. The molecule has 1 fully saturated rings. The average Bonchev–Trinajstić information content (AvgIpc) is 2.35. The molecule has 0 unspecified atom stereocenters. The van der Waals surface area contributed by atoms with E-state index in [1.165, 1.54) is 0 Å². The predicted octanol–water partition coefficient (Wildman–Crippen LogP) is 2.60. The Morgan fingerprint density at radius 2 is 1.74 bits per heavy atom. The summed E-state index contributed by atoms with van der Waals surface area (Å²) >= 11 is 0. The van der Waals surface area contributed by atoms with Gasteiger partial charge in [0, 0.05) is 0 Å². The van der Waals surface area contributed by atoms with Gasteiger partial charge < -0.3 is 9.47 Å². The van der Waals surface area contributed by atoms with Crippen molar-refractivity contribution in [2.24, 2.45) is 5.92 Å². The van der Waals surface area contributed by atoms with Crippen molar-refractivity contribution >= 4 is 11.9 Å². The summed E-state index contributed by atoms with van der Waals surface area (Å²) in [6.07, 6.45) is -3.70. The smallest absolute Gasteiger partial charge is 0.465 e. The van der Waals surface area contributed by atoms with Crippen LogP contribution in [0.4, 0.5) is 13.2 Å². The van der Waals surface area contributed by atoms with Crippen LogP contribution < -0.4 is 0 Å². The van der Waals surface area contributed by atoms with Crippen LogP contribution in [0.2, 0.25) is 0 Å². The van der Waals surface area contributed by atoms with Gasteiger partial charge in [0.25, 0.3) is 0 Å². The summed E-state index contributed by atoms with van der Waals surface area (Å²) in [5.41, 5.74) is 0. The first-order chi connectivity index (χ1) is 8.84. The van der Waals surface area contributed by atoms with Gasteiger partial charge in [-0.1, -0.05) is 6.92 Å². The number of alkyl halides is 3. The second-order valence-electron chi connectivity index (χ2n) is 4.54. The third-order valence-corrected chi connectivity index (χ3v) is 2.96. The highest BCUT2D eigenvalue weighted by atomic mass is 19.4. The Kier molecular flexibility index (Phi) is 5.62. The molecule has 0 spiro atoms. The lowest BCUT2D eigenvalue weighted by atomic mass is 9.87. The molecule has 0 N–H and O–H groups in total. The van der Waals surface area contributed by atoms with Gasteiger partial charge in [-0.15, -0.1) is 0 Å². The molecule has 110 valence electrons. The zero-order valence-corrected chi connectivity index (χ0v) is 10.7. The summed E-state index contributed by atoms with van der Waals surface area (Å²) in [7, 11) is 0. The van der Waals surface area contributed by atoms with Crippen LogP contribution in [0, 0.1) is 5.92 Å². The lowest BCUT2D eigenvalue weighted by molar-refractivity contribution is -0.206. The van der Waals surface area contributed by atoms with Gasteiger partial charge in [-0.3, -0.25) is 4.79 Å². The van der Waals surface area contributed by atoms with Crippen molar-refractivity contribution in [1.29, 1.82) is 0 Å². The lowest BCUT2D eigenvalue weighted by Gasteiger charge is -2.27. The number of hydrogen-bond acceptors (Lipinski definition) is 4. The summed E-state index contributed by atoms with van der Waals surface area (Å²) < 4.78 is 45.3. The van der Waals surface area contributed by atoms with E-state index in [-0.39, 0.29) is 24.7 Å². The fourth-order valence-electron chi connectivity index (χ4n) is 1.96. The standard InChI is InChI=1S/C12H17F3O4/c1-2-7-18-10(16)8-3-5-9(6-4-8)19-11(17)12(13,14)15/h8-9H,2-7H2,1H3. The summed E-state index contributed by atoms with van der Waals surface area (Å²) in [4.78, 5) is 22.2. The molecule has 0 aromatic carbocycles. The second-order valence-corrected chi connectivity index (χ2v) is 4.54. The molecule has 19 heavy (non-hydrogen) atoms. The monoisotopic (exact) mass is 282 g/mol. The topological polar surface area (TPSA) is 52.6 Å². The molecule has 0 saturated heterocycles. The van der Waals surface area contributed by atoms with E-state index in [1.807, 2.05) is 6.92 Å². The van der Waals surface area contributed by atoms with Crippen LogP contribution in [0.1, 0.15) is 39.0 Å². The fourth-order valence-corrected chi connectivity index (χ4v) is 1.96. The van der Waals surface area contributed by atoms with E-state index in [0.29, 0.717) is 19.4 Å². The molecule has 1 aliphatic rings. The van der Waals surface area contributed by atoms with Crippen LogP contribution in [0.25, 0.3) is 0 Å². The van der Waals surface area contributed by atoms with Gasteiger partial charge in [0.15, 0.2) is 0 Å². The molecule has 0 amide bonds. The van der Waals surface area contributed by atoms with Crippen molar-refractivity contribution in [2.45, 2.75) is 51.3 Å². The van der Waals surface area contributed by atoms with Crippen LogP contribution in [0.15, 0.2) is 0 Å². The van der Waals surface area contributed by atoms with Gasteiger partial charge in [0.2, 0.25) is 0 Å². The SMILES string of the molecule is CCCOC(=O)C1CCC(OC(=O)C(F)(F)F)CC1. The number of esters is 2. The van der Waals surface area contributed by atoms with E-state index in [0.717, 1.165) is 6.42 Å². The Bertz CT molecular complexity index is 319. The van der Waals surface area contributed by atoms with Gasteiger partial charge >= 0.3 is 18.1 Å². The van der Waals surface area contributed by atoms with Crippen molar-refractivity contribution in [3.05, 3.63) is 0 Å². The Labute approximate surface area is 109 Å². The summed E-state index contributed by atoms with van der Waals surface area (Å²) in [6.45, 7) is 2.22. The Balaban J connectivity index is 2.33. The fraction of sp³-hybridized carbons (Fsp3) is 0.833. The maximum atomic E-state index is 12.0. The van der Waals surface area contributed by atoms with Crippen molar-refractivity contribution in [3.63, 3.8) is 0 Å². The van der Waals surface area contributed by atoms with Crippen LogP contribution in [-0.4, -0.2) is 30.8 Å². The molecule has 0 aliphatic heterocycles. The van der Waals surface area contributed by atoms with Gasteiger partial charge in [0.05, 0.1) is 12.5 Å². The van der Waals surface area contributed by atoms with Crippen LogP contribution in [0.3, 0.4) is 0 Å². The molecule has 0 bridgehead atoms. The highest BCUT2D eigenvalue weighted by molar-refractivity contribution is 5.76. The normalized spacial score (nSPS) is 23.8. The predicted molar refractivity (Wildman–Crippen MR) is 59.1 cm³/mol. The molecule has 0 radical (unpaired) electrons. The highest BCUT2D eigenvalue weighted by Gasteiger charge is 2.43. The number of carbonyl (C=O) groups excluding carboxylic acids is 2. The molecule has 0 heterocycles. The number of carbonyl (C=O) groups is 2. The van der Waals surface area contributed by atoms with E-state index in [1.54, 1.807) is 0 Å². The molecule has 1 aliphatic carbocycles. The minimum atomic E-state index is -4.96. The van der Waals surface area contributed by atoms with Crippen molar-refractivity contribution in [1.82, 2.24) is 0 Å². The molecular weight excluding hydrogens is 265 g/mol. The quantitative estimate of drug-likeness (QED) is 0.744. The molecule has 1 saturated carbocycles. The van der Waals surface area contributed by atoms with Gasteiger partial charge in [0.1, 0.15) is 6.10 Å². The van der Waals surface area contributed by atoms with Crippen molar-refractivity contribution in [3.8, 4) is 0 Å². The molecule has 0 aromatic heterocycles. The molecule has 1 rings (SSSR count). The van der Waals surface area contributed by atoms with Crippen LogP contribution in [-0.2, 0) is 19.1 Å². The Morgan fingerprint density at radius 1 is 1.16 bits per heavy atom. The first-order valence-corrected chi connectivity index (χ1v) is 6.29. The second kappa shape index (κ2) is 6.77. The first kappa shape index (κ1) is 15.8. The van der Waals surface area contributed by atoms with Gasteiger partial charge in [-0.05, 0) is 32.1 Å². The van der Waals surface area contributed by atoms with Gasteiger partial charge in [-0.2, -0.15) is 13.2 Å². The third kappa shape index (κ3) is 5.08. The van der Waals surface area contributed by atoms with Gasteiger partial charge in [-0.25, -0.2) is 4.79 Å². The number of rotatable bonds is 4. The minimum Gasteiger partial charge on any atom is -0.465 e. The first-order valence-electron chi connectivity index (χ1n) is 6.29. The number of ether oxygens (including phenoxy) is 2. The number of halogens is 3. The van der Waals surface area contributed by atoms with E-state index >= 15 is 0 Å².